The number of hydrogen-bond acceptors (Lipinski definition) is 3. The smallest absolute Gasteiger partial charge is 0.178 e. The van der Waals surface area contributed by atoms with Gasteiger partial charge in [-0.2, -0.15) is 0 Å². The summed E-state index contributed by atoms with van der Waals surface area (Å²) in [5.74, 6) is -0.749. The van der Waals surface area contributed by atoms with E-state index >= 15 is 0 Å². The topological polar surface area (TPSA) is 54.4 Å². The summed E-state index contributed by atoms with van der Waals surface area (Å²) in [4.78, 5) is 0.0686. The first-order valence-corrected chi connectivity index (χ1v) is 8.38. The molecule has 0 fully saturated rings. The predicted octanol–water partition coefficient (Wildman–Crippen LogP) is 2.89. The van der Waals surface area contributed by atoms with Gasteiger partial charge in [-0.25, -0.2) is 12.8 Å². The molecule has 3 nitrogen and oxygen atoms in total. The van der Waals surface area contributed by atoms with Crippen LogP contribution in [0.3, 0.4) is 0 Å². The maximum Gasteiger partial charge on any atom is 0.178 e. The van der Waals surface area contributed by atoms with E-state index in [-0.39, 0.29) is 33.2 Å². The lowest BCUT2D eigenvalue weighted by molar-refractivity contribution is 0.0715. The molecule has 1 atom stereocenters. The van der Waals surface area contributed by atoms with Crippen LogP contribution in [0.2, 0.25) is 5.02 Å². The van der Waals surface area contributed by atoms with Crippen molar-refractivity contribution in [1.82, 2.24) is 0 Å². The Morgan fingerprint density at radius 2 is 1.86 bits per heavy atom. The molecule has 0 amide bonds. The Labute approximate surface area is 126 Å². The number of aliphatic hydroxyl groups is 1. The Morgan fingerprint density at radius 1 is 1.14 bits per heavy atom. The molecule has 0 saturated heterocycles. The van der Waals surface area contributed by atoms with Crippen molar-refractivity contribution in [3.05, 3.63) is 64.4 Å². The molecular weight excluding hydrogens is 315 g/mol. The van der Waals surface area contributed by atoms with E-state index in [1.807, 2.05) is 0 Å². The number of rotatable bonds is 1. The third kappa shape index (κ3) is 2.25. The van der Waals surface area contributed by atoms with Gasteiger partial charge in [0.1, 0.15) is 11.4 Å². The van der Waals surface area contributed by atoms with Crippen LogP contribution in [0, 0.1) is 5.82 Å². The fraction of sp³-hybridized carbons (Fsp3) is 0.200. The summed E-state index contributed by atoms with van der Waals surface area (Å²) in [5, 5.41) is 11.2. The number of halogens is 2. The van der Waals surface area contributed by atoms with Crippen molar-refractivity contribution in [2.75, 3.05) is 5.75 Å². The molecule has 0 aromatic heterocycles. The van der Waals surface area contributed by atoms with Crippen molar-refractivity contribution < 1.29 is 17.9 Å². The molecule has 1 unspecified atom stereocenters. The molecule has 0 bridgehead atoms. The van der Waals surface area contributed by atoms with E-state index in [0.29, 0.717) is 0 Å². The number of benzene rings is 2. The number of sulfone groups is 1. The Kier molecular flexibility index (Phi) is 3.31. The van der Waals surface area contributed by atoms with Crippen LogP contribution in [-0.4, -0.2) is 19.3 Å². The van der Waals surface area contributed by atoms with Crippen molar-refractivity contribution in [2.24, 2.45) is 0 Å². The van der Waals surface area contributed by atoms with Crippen molar-refractivity contribution in [1.29, 1.82) is 0 Å². The number of fused-ring (bicyclic) bond motifs is 1. The fourth-order valence-corrected chi connectivity index (χ4v) is 4.62. The Balaban J connectivity index is 2.30. The van der Waals surface area contributed by atoms with Gasteiger partial charge in [-0.05, 0) is 30.7 Å². The lowest BCUT2D eigenvalue weighted by Gasteiger charge is -2.35. The average Bonchev–Trinajstić information content (AvgIpc) is 2.46. The van der Waals surface area contributed by atoms with Crippen LogP contribution in [0.1, 0.15) is 17.5 Å². The summed E-state index contributed by atoms with van der Waals surface area (Å²) >= 11 is 6.08. The van der Waals surface area contributed by atoms with Gasteiger partial charge in [0.15, 0.2) is 9.84 Å². The van der Waals surface area contributed by atoms with Gasteiger partial charge in [-0.1, -0.05) is 29.8 Å². The second-order valence-electron chi connectivity index (χ2n) is 5.05. The third-order valence-electron chi connectivity index (χ3n) is 3.77. The Bertz CT molecular complexity index is 819. The summed E-state index contributed by atoms with van der Waals surface area (Å²) in [7, 11) is -3.44. The lowest BCUT2D eigenvalue weighted by Crippen LogP contribution is -2.36. The first kappa shape index (κ1) is 14.5. The van der Waals surface area contributed by atoms with Gasteiger partial charge in [0.05, 0.1) is 10.6 Å². The van der Waals surface area contributed by atoms with Gasteiger partial charge in [0.2, 0.25) is 0 Å². The largest absolute Gasteiger partial charge is 0.380 e. The van der Waals surface area contributed by atoms with Crippen molar-refractivity contribution in [2.45, 2.75) is 16.9 Å². The predicted molar refractivity (Wildman–Crippen MR) is 77.5 cm³/mol. The molecule has 2 aromatic carbocycles. The minimum Gasteiger partial charge on any atom is -0.380 e. The van der Waals surface area contributed by atoms with Crippen molar-refractivity contribution in [3.8, 4) is 0 Å². The molecule has 1 heterocycles. The molecular formula is C15H12ClFO3S. The van der Waals surface area contributed by atoms with Crippen LogP contribution in [0.25, 0.3) is 0 Å². The summed E-state index contributed by atoms with van der Waals surface area (Å²) in [6, 6.07) is 9.91. The SMILES string of the molecule is O=S1(=O)CCC(O)(c2cc(F)ccc2Cl)c2ccccc21. The van der Waals surface area contributed by atoms with Gasteiger partial charge in [-0.3, -0.25) is 0 Å². The van der Waals surface area contributed by atoms with E-state index < -0.39 is 21.3 Å². The van der Waals surface area contributed by atoms with Crippen LogP contribution < -0.4 is 0 Å². The van der Waals surface area contributed by atoms with Gasteiger partial charge in [0, 0.05) is 16.1 Å². The van der Waals surface area contributed by atoms with E-state index in [1.54, 1.807) is 12.1 Å². The molecule has 0 spiro atoms. The Morgan fingerprint density at radius 3 is 2.62 bits per heavy atom. The zero-order valence-electron chi connectivity index (χ0n) is 10.9. The van der Waals surface area contributed by atoms with E-state index in [4.69, 9.17) is 11.6 Å². The van der Waals surface area contributed by atoms with Crippen LogP contribution in [0.4, 0.5) is 4.39 Å². The fourth-order valence-electron chi connectivity index (χ4n) is 2.70. The molecule has 0 radical (unpaired) electrons. The second-order valence-corrected chi connectivity index (χ2v) is 7.53. The van der Waals surface area contributed by atoms with E-state index in [1.165, 1.54) is 24.3 Å². The molecule has 110 valence electrons. The highest BCUT2D eigenvalue weighted by atomic mass is 35.5. The maximum absolute atomic E-state index is 13.5. The highest BCUT2D eigenvalue weighted by Gasteiger charge is 2.43. The average molecular weight is 327 g/mol. The highest BCUT2D eigenvalue weighted by Crippen LogP contribution is 2.43. The van der Waals surface area contributed by atoms with E-state index in [0.717, 1.165) is 6.07 Å². The molecule has 6 heteroatoms. The minimum atomic E-state index is -3.44. The number of hydrogen-bond donors (Lipinski definition) is 1. The standard InChI is InChI=1S/C15H12ClFO3S/c16-13-6-5-10(17)9-12(13)15(18)7-8-21(19,20)14-4-2-1-3-11(14)15/h1-6,9,18H,7-8H2. The normalized spacial score (nSPS) is 23.6. The molecule has 0 aliphatic carbocycles. The first-order chi connectivity index (χ1) is 9.84. The summed E-state index contributed by atoms with van der Waals surface area (Å²) in [6.07, 6.45) is -0.0600. The van der Waals surface area contributed by atoms with E-state index in [2.05, 4.69) is 0 Å². The summed E-state index contributed by atoms with van der Waals surface area (Å²) < 4.78 is 37.8. The molecule has 1 N–H and O–H groups in total. The van der Waals surface area contributed by atoms with Gasteiger partial charge in [0.25, 0.3) is 0 Å². The maximum atomic E-state index is 13.5. The van der Waals surface area contributed by atoms with E-state index in [9.17, 15) is 17.9 Å². The van der Waals surface area contributed by atoms with Gasteiger partial charge < -0.3 is 5.11 Å². The molecule has 1 aliphatic heterocycles. The molecule has 1 aliphatic rings. The van der Waals surface area contributed by atoms with Crippen molar-refractivity contribution >= 4 is 21.4 Å². The van der Waals surface area contributed by atoms with Gasteiger partial charge >= 0.3 is 0 Å². The van der Waals surface area contributed by atoms with Crippen LogP contribution in [0.5, 0.6) is 0 Å². The quantitative estimate of drug-likeness (QED) is 0.876. The van der Waals surface area contributed by atoms with Crippen molar-refractivity contribution in [3.63, 3.8) is 0 Å². The Hall–Kier alpha value is -1.43. The second kappa shape index (κ2) is 4.80. The molecule has 2 aromatic rings. The molecule has 3 rings (SSSR count). The molecule has 0 saturated carbocycles. The van der Waals surface area contributed by atoms with Crippen LogP contribution in [-0.2, 0) is 15.4 Å². The van der Waals surface area contributed by atoms with Crippen LogP contribution >= 0.6 is 11.6 Å². The lowest BCUT2D eigenvalue weighted by atomic mass is 9.83. The zero-order chi connectivity index (χ0) is 15.3. The highest BCUT2D eigenvalue weighted by molar-refractivity contribution is 7.91. The monoisotopic (exact) mass is 326 g/mol. The van der Waals surface area contributed by atoms with Gasteiger partial charge in [-0.15, -0.1) is 0 Å². The summed E-state index contributed by atoms with van der Waals surface area (Å²) in [5.41, 5.74) is -1.18. The molecule has 21 heavy (non-hydrogen) atoms. The minimum absolute atomic E-state index is 0.0600. The van der Waals surface area contributed by atoms with Crippen LogP contribution in [0.15, 0.2) is 47.4 Å². The first-order valence-electron chi connectivity index (χ1n) is 6.35. The third-order valence-corrected chi connectivity index (χ3v) is 5.87. The zero-order valence-corrected chi connectivity index (χ0v) is 12.5. The summed E-state index contributed by atoms with van der Waals surface area (Å²) in [6.45, 7) is 0.